The largest absolute Gasteiger partial charge is 0.362 e. The van der Waals surface area contributed by atoms with E-state index >= 15 is 0 Å². The van der Waals surface area contributed by atoms with E-state index in [1.165, 1.54) is 12.8 Å². The molecule has 0 rings (SSSR count). The molecule has 0 aliphatic rings. The molecule has 0 aromatic carbocycles. The Morgan fingerprint density at radius 2 is 1.88 bits per heavy atom. The second-order valence-corrected chi connectivity index (χ2v) is 5.66. The lowest BCUT2D eigenvalue weighted by Gasteiger charge is -2.17. The fourth-order valence-corrected chi connectivity index (χ4v) is 1.49. The van der Waals surface area contributed by atoms with Crippen LogP contribution < -0.4 is 10.6 Å². The van der Waals surface area contributed by atoms with Crippen molar-refractivity contribution < 1.29 is 4.79 Å². The van der Waals surface area contributed by atoms with Gasteiger partial charge in [-0.1, -0.05) is 40.5 Å². The van der Waals surface area contributed by atoms with Crippen molar-refractivity contribution in [3.05, 3.63) is 0 Å². The van der Waals surface area contributed by atoms with E-state index in [9.17, 15) is 4.79 Å². The van der Waals surface area contributed by atoms with Gasteiger partial charge >= 0.3 is 0 Å². The first-order valence-corrected chi connectivity index (χ1v) is 6.33. The Morgan fingerprint density at radius 3 is 2.38 bits per heavy atom. The minimum absolute atomic E-state index is 0.00189. The van der Waals surface area contributed by atoms with Crippen molar-refractivity contribution in [1.82, 2.24) is 10.6 Å². The van der Waals surface area contributed by atoms with Crippen LogP contribution in [0.25, 0.3) is 0 Å². The summed E-state index contributed by atoms with van der Waals surface area (Å²) in [5.41, 5.74) is 0.00189. The zero-order valence-electron chi connectivity index (χ0n) is 10.9. The van der Waals surface area contributed by atoms with E-state index in [-0.39, 0.29) is 11.3 Å². The molecule has 1 amide bonds. The average molecular weight is 244 g/mol. The Hall–Kier alpha value is -0.640. The Labute approximate surface area is 104 Å². The number of nitrogens with one attached hydrogen (secondary N) is 2. The van der Waals surface area contributed by atoms with Crippen molar-refractivity contribution in [2.75, 3.05) is 6.54 Å². The summed E-state index contributed by atoms with van der Waals surface area (Å²) in [5.74, 6) is -0.0134. The van der Waals surface area contributed by atoms with Crippen LogP contribution in [0.5, 0.6) is 0 Å². The number of rotatable bonds is 5. The minimum Gasteiger partial charge on any atom is -0.362 e. The molecule has 94 valence electrons. The highest BCUT2D eigenvalue weighted by Crippen LogP contribution is 2.17. The Kier molecular flexibility index (Phi) is 7.30. The van der Waals surface area contributed by atoms with Crippen LogP contribution in [-0.2, 0) is 4.79 Å². The van der Waals surface area contributed by atoms with Gasteiger partial charge < -0.3 is 10.6 Å². The number of amides is 1. The highest BCUT2D eigenvalue weighted by atomic mass is 32.1. The first kappa shape index (κ1) is 15.4. The van der Waals surface area contributed by atoms with Crippen LogP contribution in [0, 0.1) is 5.41 Å². The van der Waals surface area contributed by atoms with E-state index in [1.807, 2.05) is 20.8 Å². The summed E-state index contributed by atoms with van der Waals surface area (Å²) >= 11 is 5.03. The Balaban J connectivity index is 3.67. The maximum atomic E-state index is 11.5. The van der Waals surface area contributed by atoms with Gasteiger partial charge in [0.05, 0.1) is 0 Å². The van der Waals surface area contributed by atoms with Gasteiger partial charge in [0, 0.05) is 13.0 Å². The summed E-state index contributed by atoms with van der Waals surface area (Å²) in [5, 5.41) is 6.18. The number of thiocarbonyl (C=S) groups is 1. The second-order valence-electron chi connectivity index (χ2n) is 5.25. The van der Waals surface area contributed by atoms with Crippen molar-refractivity contribution in [1.29, 1.82) is 0 Å². The third kappa shape index (κ3) is 9.90. The molecule has 3 nitrogen and oxygen atoms in total. The summed E-state index contributed by atoms with van der Waals surface area (Å²) in [7, 11) is 0. The van der Waals surface area contributed by atoms with Crippen molar-refractivity contribution in [3.8, 4) is 0 Å². The van der Waals surface area contributed by atoms with Crippen molar-refractivity contribution >= 4 is 23.2 Å². The number of carbonyl (C=O) groups is 1. The summed E-state index contributed by atoms with van der Waals surface area (Å²) in [6.45, 7) is 9.09. The molecule has 0 bridgehead atoms. The van der Waals surface area contributed by atoms with Gasteiger partial charge in [0.25, 0.3) is 0 Å². The molecule has 0 radical (unpaired) electrons. The van der Waals surface area contributed by atoms with Crippen LogP contribution >= 0.6 is 12.2 Å². The van der Waals surface area contributed by atoms with Gasteiger partial charge in [-0.15, -0.1) is 0 Å². The lowest BCUT2D eigenvalue weighted by molar-refractivity contribution is -0.121. The summed E-state index contributed by atoms with van der Waals surface area (Å²) in [6, 6.07) is 0. The number of unbranched alkanes of at least 4 members (excludes halogenated alkanes) is 2. The predicted molar refractivity (Wildman–Crippen MR) is 72.3 cm³/mol. The monoisotopic (exact) mass is 244 g/mol. The van der Waals surface area contributed by atoms with E-state index in [4.69, 9.17) is 12.2 Å². The van der Waals surface area contributed by atoms with Crippen molar-refractivity contribution in [3.63, 3.8) is 0 Å². The van der Waals surface area contributed by atoms with Gasteiger partial charge in [-0.05, 0) is 24.1 Å². The van der Waals surface area contributed by atoms with Gasteiger partial charge in [-0.25, -0.2) is 0 Å². The molecule has 0 aromatic heterocycles. The average Bonchev–Trinajstić information content (AvgIpc) is 2.09. The number of carbonyl (C=O) groups excluding carboxylic acids is 1. The molecule has 4 heteroatoms. The molecule has 0 aliphatic heterocycles. The molecular formula is C12H24N2OS. The molecule has 0 spiro atoms. The van der Waals surface area contributed by atoms with Crippen LogP contribution in [0.4, 0.5) is 0 Å². The third-order valence-corrected chi connectivity index (χ3v) is 2.26. The fraction of sp³-hybridized carbons (Fsp3) is 0.833. The van der Waals surface area contributed by atoms with Crippen molar-refractivity contribution in [2.24, 2.45) is 5.41 Å². The fourth-order valence-electron chi connectivity index (χ4n) is 1.27. The van der Waals surface area contributed by atoms with Crippen LogP contribution in [-0.4, -0.2) is 17.6 Å². The zero-order chi connectivity index (χ0) is 12.6. The summed E-state index contributed by atoms with van der Waals surface area (Å²) < 4.78 is 0. The van der Waals surface area contributed by atoms with E-state index in [2.05, 4.69) is 17.6 Å². The van der Waals surface area contributed by atoms with E-state index in [1.54, 1.807) is 0 Å². The Morgan fingerprint density at radius 1 is 1.25 bits per heavy atom. The van der Waals surface area contributed by atoms with Crippen LogP contribution in [0.3, 0.4) is 0 Å². The van der Waals surface area contributed by atoms with Crippen LogP contribution in [0.15, 0.2) is 0 Å². The first-order chi connectivity index (χ1) is 7.35. The van der Waals surface area contributed by atoms with E-state index in [0.717, 1.165) is 13.0 Å². The highest BCUT2D eigenvalue weighted by Gasteiger charge is 2.16. The lowest BCUT2D eigenvalue weighted by Crippen LogP contribution is -2.40. The molecule has 2 N–H and O–H groups in total. The van der Waals surface area contributed by atoms with Crippen molar-refractivity contribution in [2.45, 2.75) is 53.4 Å². The van der Waals surface area contributed by atoms with E-state index < -0.39 is 0 Å². The number of hydrogen-bond donors (Lipinski definition) is 2. The first-order valence-electron chi connectivity index (χ1n) is 5.93. The van der Waals surface area contributed by atoms with Gasteiger partial charge in [0.1, 0.15) is 0 Å². The second kappa shape index (κ2) is 7.60. The van der Waals surface area contributed by atoms with E-state index in [0.29, 0.717) is 11.5 Å². The SMILES string of the molecule is CCCCCNC(=S)NC(=O)CC(C)(C)C. The molecule has 16 heavy (non-hydrogen) atoms. The molecule has 0 heterocycles. The van der Waals surface area contributed by atoms with Gasteiger partial charge in [-0.2, -0.15) is 0 Å². The topological polar surface area (TPSA) is 41.1 Å². The normalized spacial score (nSPS) is 11.0. The highest BCUT2D eigenvalue weighted by molar-refractivity contribution is 7.80. The summed E-state index contributed by atoms with van der Waals surface area (Å²) in [4.78, 5) is 11.5. The molecule has 0 saturated carbocycles. The van der Waals surface area contributed by atoms with Gasteiger partial charge in [0.15, 0.2) is 5.11 Å². The molecular weight excluding hydrogens is 220 g/mol. The van der Waals surface area contributed by atoms with Gasteiger partial charge in [-0.3, -0.25) is 4.79 Å². The standard InChI is InChI=1S/C12H24N2OS/c1-5-6-7-8-13-11(16)14-10(15)9-12(2,3)4/h5-9H2,1-4H3,(H2,13,14,15,16). The maximum Gasteiger partial charge on any atom is 0.226 e. The molecule has 0 fully saturated rings. The molecule has 0 aromatic rings. The van der Waals surface area contributed by atoms with Crippen LogP contribution in [0.2, 0.25) is 0 Å². The van der Waals surface area contributed by atoms with Gasteiger partial charge in [0.2, 0.25) is 5.91 Å². The number of hydrogen-bond acceptors (Lipinski definition) is 2. The molecule has 0 saturated heterocycles. The van der Waals surface area contributed by atoms with Crippen LogP contribution in [0.1, 0.15) is 53.4 Å². The molecule has 0 aliphatic carbocycles. The minimum atomic E-state index is -0.0134. The summed E-state index contributed by atoms with van der Waals surface area (Å²) in [6.07, 6.45) is 3.95. The zero-order valence-corrected chi connectivity index (χ0v) is 11.7. The lowest BCUT2D eigenvalue weighted by atomic mass is 9.92. The smallest absolute Gasteiger partial charge is 0.226 e. The third-order valence-electron chi connectivity index (χ3n) is 2.01. The Bertz CT molecular complexity index is 234. The molecule has 0 unspecified atom stereocenters. The molecule has 0 atom stereocenters. The quantitative estimate of drug-likeness (QED) is 0.577. The maximum absolute atomic E-state index is 11.5. The predicted octanol–water partition coefficient (Wildman–Crippen LogP) is 2.60.